The number of hydrogen-bond donors (Lipinski definition) is 3. The lowest BCUT2D eigenvalue weighted by molar-refractivity contribution is -0.154. The number of piperazine rings is 1. The van der Waals surface area contributed by atoms with Crippen LogP contribution in [0.3, 0.4) is 0 Å². The average Bonchev–Trinajstić information content (AvgIpc) is 3.29. The van der Waals surface area contributed by atoms with Crippen molar-refractivity contribution in [1.82, 2.24) is 25.4 Å². The Morgan fingerprint density at radius 3 is 2.67 bits per heavy atom. The zero-order valence-electron chi connectivity index (χ0n) is 19.3. The van der Waals surface area contributed by atoms with Crippen LogP contribution in [-0.4, -0.2) is 76.2 Å². The topological polar surface area (TPSA) is 114 Å². The maximum atomic E-state index is 15.3. The molecule has 2 amide bonds. The number of likely N-dealkylation sites (N-methyl/N-ethyl adjacent to an activating group) is 1. The molecule has 0 bridgehead atoms. The molecular formula is C21H33ClFN7O3. The van der Waals surface area contributed by atoms with E-state index in [0.717, 1.165) is 32.2 Å². The molecule has 33 heavy (non-hydrogen) atoms. The number of carbonyl (C=O) groups is 2. The molecule has 12 heteroatoms. The van der Waals surface area contributed by atoms with Crippen LogP contribution < -0.4 is 15.8 Å². The molecule has 3 atom stereocenters. The lowest BCUT2D eigenvalue weighted by atomic mass is 9.92. The Morgan fingerprint density at radius 2 is 2.00 bits per heavy atom. The second-order valence-corrected chi connectivity index (χ2v) is 9.53. The van der Waals surface area contributed by atoms with Gasteiger partial charge in [0.2, 0.25) is 23.4 Å². The fourth-order valence-electron chi connectivity index (χ4n) is 4.68. The van der Waals surface area contributed by atoms with Gasteiger partial charge in [0, 0.05) is 25.2 Å². The fourth-order valence-corrected chi connectivity index (χ4v) is 4.85. The predicted octanol–water partition coefficient (Wildman–Crippen LogP) is 2.29. The predicted molar refractivity (Wildman–Crippen MR) is 122 cm³/mol. The molecule has 1 unspecified atom stereocenters. The Hall–Kier alpha value is -2.24. The van der Waals surface area contributed by atoms with Crippen molar-refractivity contribution in [3.63, 3.8) is 0 Å². The highest BCUT2D eigenvalue weighted by molar-refractivity contribution is 6.28. The Balaban J connectivity index is 1.72. The van der Waals surface area contributed by atoms with Crippen molar-refractivity contribution < 1.29 is 19.2 Å². The zero-order valence-corrected chi connectivity index (χ0v) is 20.1. The molecular weight excluding hydrogens is 453 g/mol. The maximum Gasteiger partial charge on any atom is 0.243 e. The minimum absolute atomic E-state index is 0.00350. The molecule has 1 aliphatic carbocycles. The number of hydrazine groups is 1. The Bertz CT molecular complexity index is 842. The number of carbonyl (C=O) groups excluding carboxylic acids is 2. The molecule has 1 saturated carbocycles. The molecule has 0 radical (unpaired) electrons. The van der Waals surface area contributed by atoms with Gasteiger partial charge in [-0.3, -0.25) is 30.5 Å². The first-order valence-corrected chi connectivity index (χ1v) is 11.7. The summed E-state index contributed by atoms with van der Waals surface area (Å²) in [6, 6.07) is 0.199. The van der Waals surface area contributed by atoms with E-state index in [9.17, 15) is 14.8 Å². The molecule has 10 nitrogen and oxygen atoms in total. The van der Waals surface area contributed by atoms with Crippen LogP contribution in [0.4, 0.5) is 16.0 Å². The molecule has 2 fully saturated rings. The van der Waals surface area contributed by atoms with Crippen LogP contribution in [0.15, 0.2) is 0 Å². The Kier molecular flexibility index (Phi) is 8.66. The van der Waals surface area contributed by atoms with Gasteiger partial charge in [0.1, 0.15) is 0 Å². The minimum atomic E-state index is -0.715. The molecule has 3 N–H and O–H groups in total. The van der Waals surface area contributed by atoms with E-state index < -0.39 is 17.6 Å². The van der Waals surface area contributed by atoms with Crippen LogP contribution in [0.25, 0.3) is 0 Å². The van der Waals surface area contributed by atoms with Crippen LogP contribution >= 0.6 is 11.6 Å². The molecule has 0 spiro atoms. The molecule has 0 aromatic carbocycles. The van der Waals surface area contributed by atoms with E-state index in [-0.39, 0.29) is 42.0 Å². The van der Waals surface area contributed by atoms with Crippen LogP contribution in [0.1, 0.15) is 46.0 Å². The number of aromatic nitrogens is 2. The van der Waals surface area contributed by atoms with Crippen LogP contribution in [0, 0.1) is 17.7 Å². The molecule has 1 saturated heterocycles. The summed E-state index contributed by atoms with van der Waals surface area (Å²) in [5.74, 6) is -1.67. The standard InChI is InChI=1S/C21H33ClFN7O3/c1-13-10-30(14(2)9-28(13)3)19-17(23)18(24-21(22)25-19)26-27-20(32)16(11-29(33)12-31)8-15-6-4-5-7-15/h12-16,33H,4-11H2,1-3H3,(H,27,32)(H,24,25,26)/t13-,14?,16-/m1/s1. The van der Waals surface area contributed by atoms with E-state index in [1.165, 1.54) is 0 Å². The summed E-state index contributed by atoms with van der Waals surface area (Å²) < 4.78 is 15.3. The highest BCUT2D eigenvalue weighted by Gasteiger charge is 2.31. The number of hydrogen-bond acceptors (Lipinski definition) is 8. The molecule has 3 rings (SSSR count). The van der Waals surface area contributed by atoms with E-state index >= 15 is 4.39 Å². The third-order valence-corrected chi connectivity index (χ3v) is 6.84. The summed E-state index contributed by atoms with van der Waals surface area (Å²) >= 11 is 6.08. The maximum absolute atomic E-state index is 15.3. The Morgan fingerprint density at radius 1 is 1.30 bits per heavy atom. The van der Waals surface area contributed by atoms with E-state index in [0.29, 0.717) is 23.9 Å². The summed E-state index contributed by atoms with van der Waals surface area (Å²) in [4.78, 5) is 35.7. The molecule has 2 heterocycles. The number of nitrogens with zero attached hydrogens (tertiary/aromatic N) is 5. The van der Waals surface area contributed by atoms with Gasteiger partial charge in [-0.05, 0) is 44.8 Å². The van der Waals surface area contributed by atoms with Gasteiger partial charge in [0.05, 0.1) is 12.5 Å². The quantitative estimate of drug-likeness (QED) is 0.211. The van der Waals surface area contributed by atoms with Crippen molar-refractivity contribution in [2.24, 2.45) is 11.8 Å². The Labute approximate surface area is 198 Å². The van der Waals surface area contributed by atoms with Crippen molar-refractivity contribution in [1.29, 1.82) is 0 Å². The van der Waals surface area contributed by atoms with Gasteiger partial charge in [0.25, 0.3) is 0 Å². The lowest BCUT2D eigenvalue weighted by Gasteiger charge is -2.43. The molecule has 1 aliphatic heterocycles. The first-order chi connectivity index (χ1) is 15.7. The van der Waals surface area contributed by atoms with E-state index in [4.69, 9.17) is 11.6 Å². The summed E-state index contributed by atoms with van der Waals surface area (Å²) in [5, 5.41) is 9.93. The van der Waals surface area contributed by atoms with Gasteiger partial charge in [0.15, 0.2) is 11.6 Å². The van der Waals surface area contributed by atoms with Crippen LogP contribution in [0.5, 0.6) is 0 Å². The first kappa shape index (κ1) is 25.4. The van der Waals surface area contributed by atoms with E-state index in [1.807, 2.05) is 25.8 Å². The SMILES string of the molecule is CC1CN(C)[C@H](C)CN1c1nc(Cl)nc(NNC(=O)[C@H](CC2CCCC2)CN(O)C=O)c1F. The molecule has 1 aromatic rings. The van der Waals surface area contributed by atoms with Crippen molar-refractivity contribution in [2.75, 3.05) is 37.0 Å². The third kappa shape index (κ3) is 6.42. The number of halogens is 2. The summed E-state index contributed by atoms with van der Waals surface area (Å²) in [5.41, 5.74) is 5.00. The number of anilines is 2. The smallest absolute Gasteiger partial charge is 0.243 e. The summed E-state index contributed by atoms with van der Waals surface area (Å²) in [7, 11) is 2.02. The van der Waals surface area contributed by atoms with Crippen LogP contribution in [0.2, 0.25) is 5.28 Å². The fraction of sp³-hybridized carbons (Fsp3) is 0.714. The number of rotatable bonds is 9. The first-order valence-electron chi connectivity index (χ1n) is 11.4. The highest BCUT2D eigenvalue weighted by Crippen LogP contribution is 2.31. The molecule has 1 aromatic heterocycles. The third-order valence-electron chi connectivity index (χ3n) is 6.67. The average molecular weight is 486 g/mol. The second-order valence-electron chi connectivity index (χ2n) is 9.19. The highest BCUT2D eigenvalue weighted by atomic mass is 35.5. The van der Waals surface area contributed by atoms with Gasteiger partial charge < -0.3 is 4.90 Å². The van der Waals surface area contributed by atoms with Gasteiger partial charge in [-0.2, -0.15) is 14.4 Å². The van der Waals surface area contributed by atoms with Crippen molar-refractivity contribution in [2.45, 2.75) is 58.0 Å². The summed E-state index contributed by atoms with van der Waals surface area (Å²) in [6.07, 6.45) is 4.99. The second kappa shape index (κ2) is 11.3. The molecule has 184 valence electrons. The van der Waals surface area contributed by atoms with Crippen molar-refractivity contribution >= 4 is 35.6 Å². The zero-order chi connectivity index (χ0) is 24.1. The van der Waals surface area contributed by atoms with Gasteiger partial charge >= 0.3 is 0 Å². The minimum Gasteiger partial charge on any atom is -0.348 e. The number of nitrogens with one attached hydrogen (secondary N) is 2. The normalized spacial score (nSPS) is 22.8. The van der Waals surface area contributed by atoms with Crippen molar-refractivity contribution in [3.8, 4) is 0 Å². The van der Waals surface area contributed by atoms with E-state index in [2.05, 4.69) is 25.7 Å². The van der Waals surface area contributed by atoms with E-state index in [1.54, 1.807) is 0 Å². The number of amides is 2. The van der Waals surface area contributed by atoms with Gasteiger partial charge in [-0.25, -0.2) is 5.06 Å². The van der Waals surface area contributed by atoms with Crippen LogP contribution in [-0.2, 0) is 9.59 Å². The largest absolute Gasteiger partial charge is 0.348 e. The summed E-state index contributed by atoms with van der Waals surface area (Å²) in [6.45, 7) is 5.18. The van der Waals surface area contributed by atoms with Gasteiger partial charge in [-0.1, -0.05) is 25.7 Å². The van der Waals surface area contributed by atoms with Gasteiger partial charge in [-0.15, -0.1) is 0 Å². The number of hydroxylamine groups is 2. The lowest BCUT2D eigenvalue weighted by Crippen LogP contribution is -2.55. The molecule has 2 aliphatic rings. The van der Waals surface area contributed by atoms with Crippen molar-refractivity contribution in [3.05, 3.63) is 11.1 Å². The monoisotopic (exact) mass is 485 g/mol.